The Kier molecular flexibility index (Phi) is 2.30. The SMILES string of the molecule is Nc1cc(F)ccc1Oc1nccn2cnnc12. The van der Waals surface area contributed by atoms with Crippen molar-refractivity contribution in [3.8, 4) is 11.6 Å². The molecule has 0 radical (unpaired) electrons. The van der Waals surface area contributed by atoms with Gasteiger partial charge in [0.25, 0.3) is 5.88 Å². The molecular weight excluding hydrogens is 237 g/mol. The molecule has 18 heavy (non-hydrogen) atoms. The fourth-order valence-corrected chi connectivity index (χ4v) is 1.52. The third kappa shape index (κ3) is 1.71. The van der Waals surface area contributed by atoms with E-state index in [-0.39, 0.29) is 11.6 Å². The molecule has 1 aromatic carbocycles. The van der Waals surface area contributed by atoms with E-state index >= 15 is 0 Å². The number of halogens is 1. The maximum Gasteiger partial charge on any atom is 0.265 e. The number of anilines is 1. The first-order valence-electron chi connectivity index (χ1n) is 5.11. The van der Waals surface area contributed by atoms with E-state index in [0.717, 1.165) is 0 Å². The molecule has 0 unspecified atom stereocenters. The molecule has 0 atom stereocenters. The highest BCUT2D eigenvalue weighted by atomic mass is 19.1. The first-order valence-corrected chi connectivity index (χ1v) is 5.11. The van der Waals surface area contributed by atoms with Gasteiger partial charge in [0, 0.05) is 18.5 Å². The summed E-state index contributed by atoms with van der Waals surface area (Å²) in [6.07, 6.45) is 4.76. The summed E-state index contributed by atoms with van der Waals surface area (Å²) in [4.78, 5) is 4.04. The number of nitrogen functional groups attached to an aromatic ring is 1. The summed E-state index contributed by atoms with van der Waals surface area (Å²) in [5.74, 6) is 0.154. The van der Waals surface area contributed by atoms with E-state index in [0.29, 0.717) is 11.4 Å². The monoisotopic (exact) mass is 245 g/mol. The summed E-state index contributed by atoms with van der Waals surface area (Å²) >= 11 is 0. The van der Waals surface area contributed by atoms with E-state index in [9.17, 15) is 4.39 Å². The van der Waals surface area contributed by atoms with E-state index in [1.807, 2.05) is 0 Å². The lowest BCUT2D eigenvalue weighted by Gasteiger charge is -2.07. The normalized spacial score (nSPS) is 10.7. The van der Waals surface area contributed by atoms with Crippen molar-refractivity contribution in [2.24, 2.45) is 0 Å². The van der Waals surface area contributed by atoms with Crippen molar-refractivity contribution in [2.45, 2.75) is 0 Å². The van der Waals surface area contributed by atoms with Gasteiger partial charge in [-0.25, -0.2) is 9.37 Å². The summed E-state index contributed by atoms with van der Waals surface area (Å²) in [5.41, 5.74) is 6.31. The molecule has 0 spiro atoms. The van der Waals surface area contributed by atoms with Crippen LogP contribution in [0.2, 0.25) is 0 Å². The van der Waals surface area contributed by atoms with Gasteiger partial charge in [0.15, 0.2) is 5.75 Å². The third-order valence-corrected chi connectivity index (χ3v) is 2.36. The van der Waals surface area contributed by atoms with Crippen LogP contribution in [0.3, 0.4) is 0 Å². The number of benzene rings is 1. The van der Waals surface area contributed by atoms with Crippen molar-refractivity contribution in [1.29, 1.82) is 0 Å². The maximum absolute atomic E-state index is 12.9. The van der Waals surface area contributed by atoms with Crippen LogP contribution in [-0.2, 0) is 0 Å². The predicted molar refractivity (Wildman–Crippen MR) is 61.7 cm³/mol. The molecular formula is C11H8FN5O. The van der Waals surface area contributed by atoms with Crippen molar-refractivity contribution in [1.82, 2.24) is 19.6 Å². The Balaban J connectivity index is 2.03. The summed E-state index contributed by atoms with van der Waals surface area (Å²) in [6, 6.07) is 3.88. The Hall–Kier alpha value is -2.70. The van der Waals surface area contributed by atoms with Crippen LogP contribution < -0.4 is 10.5 Å². The molecule has 0 amide bonds. The molecule has 0 saturated heterocycles. The van der Waals surface area contributed by atoms with Gasteiger partial charge < -0.3 is 10.5 Å². The topological polar surface area (TPSA) is 78.3 Å². The average Bonchev–Trinajstić information content (AvgIpc) is 2.82. The number of rotatable bonds is 2. The average molecular weight is 245 g/mol. The van der Waals surface area contributed by atoms with E-state index in [4.69, 9.17) is 10.5 Å². The van der Waals surface area contributed by atoms with E-state index in [1.165, 1.54) is 24.5 Å². The maximum atomic E-state index is 12.9. The summed E-state index contributed by atoms with van der Waals surface area (Å²) in [7, 11) is 0. The molecule has 0 bridgehead atoms. The minimum absolute atomic E-state index is 0.193. The fourth-order valence-electron chi connectivity index (χ4n) is 1.52. The van der Waals surface area contributed by atoms with E-state index in [2.05, 4.69) is 15.2 Å². The zero-order valence-electron chi connectivity index (χ0n) is 9.12. The first kappa shape index (κ1) is 10.5. The summed E-state index contributed by atoms with van der Waals surface area (Å²) in [6.45, 7) is 0. The fraction of sp³-hybridized carbons (Fsp3) is 0. The molecule has 7 heteroatoms. The van der Waals surface area contributed by atoms with Crippen molar-refractivity contribution in [3.05, 3.63) is 42.7 Å². The van der Waals surface area contributed by atoms with Gasteiger partial charge >= 0.3 is 0 Å². The van der Waals surface area contributed by atoms with Crippen LogP contribution in [0.5, 0.6) is 11.6 Å². The molecule has 6 nitrogen and oxygen atoms in total. The molecule has 0 fully saturated rings. The molecule has 2 heterocycles. The molecule has 0 aliphatic rings. The van der Waals surface area contributed by atoms with Crippen LogP contribution >= 0.6 is 0 Å². The second kappa shape index (κ2) is 3.95. The summed E-state index contributed by atoms with van der Waals surface area (Å²) in [5, 5.41) is 7.61. The Morgan fingerprint density at radius 3 is 3.06 bits per heavy atom. The first-order chi connectivity index (χ1) is 8.74. The Bertz CT molecular complexity index is 711. The second-order valence-corrected chi connectivity index (χ2v) is 3.58. The minimum Gasteiger partial charge on any atom is -0.434 e. The zero-order valence-corrected chi connectivity index (χ0v) is 9.12. The zero-order chi connectivity index (χ0) is 12.5. The van der Waals surface area contributed by atoms with Crippen LogP contribution in [0, 0.1) is 5.82 Å². The van der Waals surface area contributed by atoms with Gasteiger partial charge in [-0.05, 0) is 12.1 Å². The lowest BCUT2D eigenvalue weighted by atomic mass is 10.3. The number of nitrogens with zero attached hydrogens (tertiary/aromatic N) is 4. The molecule has 90 valence electrons. The van der Waals surface area contributed by atoms with Gasteiger partial charge in [0.05, 0.1) is 5.69 Å². The van der Waals surface area contributed by atoms with Crippen LogP contribution in [0.1, 0.15) is 0 Å². The highest BCUT2D eigenvalue weighted by molar-refractivity contribution is 5.56. The van der Waals surface area contributed by atoms with Crippen molar-refractivity contribution >= 4 is 11.3 Å². The van der Waals surface area contributed by atoms with Crippen LogP contribution in [0.4, 0.5) is 10.1 Å². The lowest BCUT2D eigenvalue weighted by molar-refractivity contribution is 0.465. The Morgan fingerprint density at radius 2 is 2.22 bits per heavy atom. The van der Waals surface area contributed by atoms with Crippen molar-refractivity contribution in [3.63, 3.8) is 0 Å². The van der Waals surface area contributed by atoms with Crippen molar-refractivity contribution in [2.75, 3.05) is 5.73 Å². The Labute approximate surface area is 101 Å². The van der Waals surface area contributed by atoms with E-state index < -0.39 is 5.82 Å². The van der Waals surface area contributed by atoms with E-state index in [1.54, 1.807) is 16.8 Å². The van der Waals surface area contributed by atoms with Gasteiger partial charge in [-0.3, -0.25) is 4.40 Å². The van der Waals surface area contributed by atoms with Gasteiger partial charge in [-0.2, -0.15) is 0 Å². The lowest BCUT2D eigenvalue weighted by Crippen LogP contribution is -1.96. The molecule has 0 saturated carbocycles. The van der Waals surface area contributed by atoms with Crippen LogP contribution in [-0.4, -0.2) is 19.6 Å². The number of nitrogens with two attached hydrogens (primary N) is 1. The van der Waals surface area contributed by atoms with Gasteiger partial charge in [-0.1, -0.05) is 0 Å². The Morgan fingerprint density at radius 1 is 1.33 bits per heavy atom. The van der Waals surface area contributed by atoms with Crippen molar-refractivity contribution < 1.29 is 9.13 Å². The number of aromatic nitrogens is 4. The molecule has 0 aliphatic carbocycles. The number of fused-ring (bicyclic) bond motifs is 1. The smallest absolute Gasteiger partial charge is 0.265 e. The molecule has 2 N–H and O–H groups in total. The number of ether oxygens (including phenoxy) is 1. The predicted octanol–water partition coefficient (Wildman–Crippen LogP) is 1.64. The standard InChI is InChI=1S/C11H8FN5O/c12-7-1-2-9(8(13)5-7)18-11-10-16-15-6-17(10)4-3-14-11/h1-6H,13H2. The third-order valence-electron chi connectivity index (χ3n) is 2.36. The molecule has 3 rings (SSSR count). The number of hydrogen-bond acceptors (Lipinski definition) is 5. The highest BCUT2D eigenvalue weighted by Crippen LogP contribution is 2.28. The molecule has 0 aliphatic heterocycles. The number of hydrogen-bond donors (Lipinski definition) is 1. The van der Waals surface area contributed by atoms with Crippen LogP contribution in [0.15, 0.2) is 36.9 Å². The quantitative estimate of drug-likeness (QED) is 0.694. The van der Waals surface area contributed by atoms with Gasteiger partial charge in [0.1, 0.15) is 12.1 Å². The minimum atomic E-state index is -0.423. The van der Waals surface area contributed by atoms with Gasteiger partial charge in [0.2, 0.25) is 5.65 Å². The largest absolute Gasteiger partial charge is 0.434 e. The second-order valence-electron chi connectivity index (χ2n) is 3.58. The highest BCUT2D eigenvalue weighted by Gasteiger charge is 2.09. The molecule has 2 aromatic heterocycles. The molecule has 3 aromatic rings. The summed E-state index contributed by atoms with van der Waals surface area (Å²) < 4.78 is 20.1. The van der Waals surface area contributed by atoms with Crippen LogP contribution in [0.25, 0.3) is 5.65 Å². The van der Waals surface area contributed by atoms with Gasteiger partial charge in [-0.15, -0.1) is 10.2 Å².